The fourth-order valence-corrected chi connectivity index (χ4v) is 6.91. The summed E-state index contributed by atoms with van der Waals surface area (Å²) in [6.07, 6.45) is -2.82. The Labute approximate surface area is 291 Å². The minimum absolute atomic E-state index is 0.0339. The Morgan fingerprint density at radius 2 is 0.939 bits per heavy atom. The first-order valence-corrected chi connectivity index (χ1v) is 17.8. The zero-order valence-corrected chi connectivity index (χ0v) is 29.0. The van der Waals surface area contributed by atoms with E-state index < -0.39 is 68.8 Å². The van der Waals surface area contributed by atoms with Crippen LogP contribution in [0.5, 0.6) is 0 Å². The number of benzene rings is 3. The van der Waals surface area contributed by atoms with Gasteiger partial charge in [-0.1, -0.05) is 12.1 Å². The normalized spacial score (nSPS) is 11.8. The molecular formula is C34H37IN2O12. The van der Waals surface area contributed by atoms with Crippen molar-refractivity contribution in [1.82, 2.24) is 10.6 Å². The van der Waals surface area contributed by atoms with E-state index in [4.69, 9.17) is 25.1 Å². The maximum atomic E-state index is 12.9. The molecule has 0 saturated carbocycles. The Hall–Kier alpha value is -5.19. The van der Waals surface area contributed by atoms with Crippen LogP contribution in [0.3, 0.4) is 0 Å². The molecule has 0 saturated heterocycles. The summed E-state index contributed by atoms with van der Waals surface area (Å²) in [5.41, 5.74) is 1.47. The van der Waals surface area contributed by atoms with Crippen molar-refractivity contribution < 1.29 is 53.8 Å². The first kappa shape index (κ1) is 38.3. The topological polar surface area (TPSA) is 182 Å². The van der Waals surface area contributed by atoms with Gasteiger partial charge < -0.3 is 0 Å². The minimum atomic E-state index is -3.42. The summed E-state index contributed by atoms with van der Waals surface area (Å²) in [6, 6.07) is 23.7. The molecule has 0 bridgehead atoms. The van der Waals surface area contributed by atoms with Gasteiger partial charge in [0, 0.05) is 0 Å². The first-order chi connectivity index (χ1) is 23.7. The molecule has 2 atom stereocenters. The van der Waals surface area contributed by atoms with Crippen LogP contribution in [0.1, 0.15) is 36.8 Å². The van der Waals surface area contributed by atoms with Crippen molar-refractivity contribution in [3.8, 4) is 0 Å². The zero-order valence-electron chi connectivity index (χ0n) is 26.8. The molecule has 3 aromatic carbocycles. The third kappa shape index (κ3) is 14.2. The van der Waals surface area contributed by atoms with Crippen LogP contribution in [-0.4, -0.2) is 62.4 Å². The van der Waals surface area contributed by atoms with E-state index in [1.54, 1.807) is 78.9 Å². The molecule has 0 fully saturated rings. The van der Waals surface area contributed by atoms with Gasteiger partial charge in [0.2, 0.25) is 0 Å². The fraction of sp³-hybridized carbons (Fsp3) is 0.294. The van der Waals surface area contributed by atoms with Crippen LogP contribution in [-0.2, 0) is 57.5 Å². The average Bonchev–Trinajstić information content (AvgIpc) is 3.13. The quantitative estimate of drug-likeness (QED) is 0.109. The average molecular weight is 793 g/mol. The van der Waals surface area contributed by atoms with Crippen molar-refractivity contribution in [3.63, 3.8) is 0 Å². The first-order valence-electron chi connectivity index (χ1n) is 15.0. The van der Waals surface area contributed by atoms with Crippen molar-refractivity contribution in [1.29, 1.82) is 0 Å². The Bertz CT molecular complexity index is 1430. The molecule has 0 aromatic heterocycles. The molecule has 0 aliphatic rings. The summed E-state index contributed by atoms with van der Waals surface area (Å²) < 4.78 is 31.5. The van der Waals surface area contributed by atoms with Gasteiger partial charge in [-0.15, -0.1) is 0 Å². The molecular weight excluding hydrogens is 755 g/mol. The van der Waals surface area contributed by atoms with Crippen molar-refractivity contribution in [2.45, 2.75) is 51.0 Å². The number of carbonyl (C=O) groups excluding carboxylic acids is 6. The molecule has 0 aliphatic carbocycles. The number of carbonyl (C=O) groups is 6. The molecule has 14 nitrogen and oxygen atoms in total. The van der Waals surface area contributed by atoms with Gasteiger partial charge in [-0.3, -0.25) is 0 Å². The molecule has 0 aliphatic heterocycles. The van der Waals surface area contributed by atoms with Crippen molar-refractivity contribution >= 4 is 56.7 Å². The molecule has 0 spiro atoms. The molecule has 15 heteroatoms. The molecule has 3 aromatic rings. The SMILES string of the molecule is COC(=O)[C@H](CCC(=O)OI(OC(=O)CC[C@H](NC(=O)OCc1ccccc1)C(=O)OC)c1ccccc1)NC(=O)OCc1ccccc1. The van der Waals surface area contributed by atoms with Gasteiger partial charge in [0.25, 0.3) is 0 Å². The summed E-state index contributed by atoms with van der Waals surface area (Å²) in [5.74, 6) is -3.17. The predicted molar refractivity (Wildman–Crippen MR) is 181 cm³/mol. The van der Waals surface area contributed by atoms with E-state index in [1.165, 1.54) is 0 Å². The molecule has 0 radical (unpaired) electrons. The van der Waals surface area contributed by atoms with Crippen LogP contribution < -0.4 is 10.6 Å². The van der Waals surface area contributed by atoms with Crippen LogP contribution in [0.4, 0.5) is 9.59 Å². The van der Waals surface area contributed by atoms with E-state index in [-0.39, 0.29) is 38.9 Å². The second kappa shape index (κ2) is 20.9. The van der Waals surface area contributed by atoms with Gasteiger partial charge in [0.15, 0.2) is 0 Å². The number of ether oxygens (including phenoxy) is 4. The van der Waals surface area contributed by atoms with E-state index in [0.717, 1.165) is 25.3 Å². The Kier molecular flexibility index (Phi) is 16.3. The van der Waals surface area contributed by atoms with Crippen LogP contribution in [0.25, 0.3) is 0 Å². The summed E-state index contributed by atoms with van der Waals surface area (Å²) >= 11 is -3.42. The van der Waals surface area contributed by atoms with Crippen LogP contribution in [0.15, 0.2) is 91.0 Å². The van der Waals surface area contributed by atoms with Crippen LogP contribution in [0.2, 0.25) is 0 Å². The molecule has 262 valence electrons. The standard InChI is InChI=1S/C34H37IN2O12/c1-44-31(40)27(36-33(42)46-22-24-12-6-3-7-13-24)18-20-29(38)48-35(26-16-10-5-11-17-26)49-30(39)21-19-28(32(41)45-2)37-34(43)47-23-25-14-8-4-9-15-25/h3-17,27-28H,18-23H2,1-2H3,(H,36,42)(H,37,43)/t27-,28-/m0/s1. The van der Waals surface area contributed by atoms with Gasteiger partial charge in [0.1, 0.15) is 0 Å². The summed E-state index contributed by atoms with van der Waals surface area (Å²) in [6.45, 7) is -0.0678. The third-order valence-electron chi connectivity index (χ3n) is 6.48. The van der Waals surface area contributed by atoms with E-state index in [2.05, 4.69) is 10.6 Å². The predicted octanol–water partition coefficient (Wildman–Crippen LogP) is 4.78. The second-order valence-corrected chi connectivity index (χ2v) is 13.4. The second-order valence-electron chi connectivity index (χ2n) is 10.1. The zero-order chi connectivity index (χ0) is 35.4. The van der Waals surface area contributed by atoms with Gasteiger partial charge in [-0.25, -0.2) is 0 Å². The molecule has 0 heterocycles. The number of hydrogen-bond acceptors (Lipinski definition) is 12. The van der Waals surface area contributed by atoms with E-state index >= 15 is 0 Å². The van der Waals surface area contributed by atoms with E-state index in [0.29, 0.717) is 3.57 Å². The molecule has 3 rings (SSSR count). The number of hydrogen-bond donors (Lipinski definition) is 2. The number of nitrogens with one attached hydrogen (secondary N) is 2. The van der Waals surface area contributed by atoms with E-state index in [9.17, 15) is 28.8 Å². The Morgan fingerprint density at radius 3 is 1.31 bits per heavy atom. The van der Waals surface area contributed by atoms with Crippen molar-refractivity contribution in [2.24, 2.45) is 0 Å². The Morgan fingerprint density at radius 1 is 0.571 bits per heavy atom. The van der Waals surface area contributed by atoms with E-state index in [1.807, 2.05) is 12.1 Å². The molecule has 2 amide bonds. The summed E-state index contributed by atoms with van der Waals surface area (Å²) in [5, 5.41) is 4.78. The number of amides is 2. The third-order valence-corrected chi connectivity index (χ3v) is 10.00. The number of rotatable bonds is 17. The molecule has 2 N–H and O–H groups in total. The maximum absolute atomic E-state index is 12.9. The summed E-state index contributed by atoms with van der Waals surface area (Å²) in [4.78, 5) is 75.1. The van der Waals surface area contributed by atoms with Crippen LogP contribution in [0, 0.1) is 3.57 Å². The van der Waals surface area contributed by atoms with Gasteiger partial charge in [0.05, 0.1) is 0 Å². The van der Waals surface area contributed by atoms with Crippen molar-refractivity contribution in [3.05, 3.63) is 106 Å². The van der Waals surface area contributed by atoms with Gasteiger partial charge in [-0.2, -0.15) is 0 Å². The number of esters is 2. The van der Waals surface area contributed by atoms with Gasteiger partial charge in [-0.05, 0) is 0 Å². The number of methoxy groups -OCH3 is 2. The Balaban J connectivity index is 1.55. The fourth-order valence-electron chi connectivity index (χ4n) is 3.98. The molecule has 49 heavy (non-hydrogen) atoms. The summed E-state index contributed by atoms with van der Waals surface area (Å²) in [7, 11) is 2.27. The van der Waals surface area contributed by atoms with Crippen molar-refractivity contribution in [2.75, 3.05) is 14.2 Å². The monoisotopic (exact) mass is 792 g/mol. The van der Waals surface area contributed by atoms with Crippen LogP contribution >= 0.6 is 20.6 Å². The number of halogens is 1. The number of alkyl carbamates (subject to hydrolysis) is 2. The van der Waals surface area contributed by atoms with Gasteiger partial charge >= 0.3 is 280 Å². The molecule has 0 unspecified atom stereocenters.